The summed E-state index contributed by atoms with van der Waals surface area (Å²) in [5, 5.41) is 8.91. The Bertz CT molecular complexity index is 455. The topological polar surface area (TPSA) is 40.5 Å². The molecule has 3 unspecified atom stereocenters. The van der Waals surface area contributed by atoms with Crippen molar-refractivity contribution < 1.29 is 9.90 Å². The smallest absolute Gasteiger partial charge is 0.335 e. The van der Waals surface area contributed by atoms with E-state index < -0.39 is 5.97 Å². The summed E-state index contributed by atoms with van der Waals surface area (Å²) in [5.74, 6) is 0.696. The van der Waals surface area contributed by atoms with Gasteiger partial charge in [-0.25, -0.2) is 4.79 Å². The van der Waals surface area contributed by atoms with Crippen LogP contribution >= 0.6 is 0 Å². The van der Waals surface area contributed by atoms with E-state index in [0.717, 1.165) is 18.4 Å². The molecule has 0 radical (unpaired) electrons. The third-order valence-corrected chi connectivity index (χ3v) is 4.61. The van der Waals surface area contributed by atoms with Crippen molar-refractivity contribution in [3.8, 4) is 0 Å². The SMILES string of the molecule is CC1CCC(C)C(N(C)Cc2ccc(C(=O)O)cc2)C1. The monoisotopic (exact) mass is 275 g/mol. The second kappa shape index (κ2) is 6.40. The van der Waals surface area contributed by atoms with Gasteiger partial charge in [0.2, 0.25) is 0 Å². The number of aromatic carboxylic acids is 1. The molecule has 1 aromatic rings. The zero-order valence-electron chi connectivity index (χ0n) is 12.7. The van der Waals surface area contributed by atoms with Crippen molar-refractivity contribution in [3.63, 3.8) is 0 Å². The molecule has 1 aliphatic rings. The van der Waals surface area contributed by atoms with E-state index in [-0.39, 0.29) is 0 Å². The van der Waals surface area contributed by atoms with Gasteiger partial charge in [-0.3, -0.25) is 4.90 Å². The van der Waals surface area contributed by atoms with Crippen molar-refractivity contribution in [2.24, 2.45) is 11.8 Å². The number of carboxylic acid groups (broad SMARTS) is 1. The van der Waals surface area contributed by atoms with Crippen molar-refractivity contribution in [1.82, 2.24) is 4.90 Å². The highest BCUT2D eigenvalue weighted by Gasteiger charge is 2.28. The fourth-order valence-corrected chi connectivity index (χ4v) is 3.27. The average molecular weight is 275 g/mol. The van der Waals surface area contributed by atoms with E-state index in [1.165, 1.54) is 24.8 Å². The van der Waals surface area contributed by atoms with Crippen LogP contribution in [-0.4, -0.2) is 29.1 Å². The van der Waals surface area contributed by atoms with Crippen molar-refractivity contribution in [3.05, 3.63) is 35.4 Å². The Morgan fingerprint density at radius 3 is 2.50 bits per heavy atom. The Kier molecular flexibility index (Phi) is 4.81. The van der Waals surface area contributed by atoms with E-state index in [1.807, 2.05) is 12.1 Å². The van der Waals surface area contributed by atoms with Gasteiger partial charge in [-0.15, -0.1) is 0 Å². The van der Waals surface area contributed by atoms with E-state index in [1.54, 1.807) is 12.1 Å². The predicted octanol–water partition coefficient (Wildman–Crippen LogP) is 3.64. The highest BCUT2D eigenvalue weighted by molar-refractivity contribution is 5.87. The van der Waals surface area contributed by atoms with Gasteiger partial charge in [0, 0.05) is 12.6 Å². The number of rotatable bonds is 4. The standard InChI is InChI=1S/C17H25NO2/c1-12-4-5-13(2)16(10-12)18(3)11-14-6-8-15(9-7-14)17(19)20/h6-9,12-13,16H,4-5,10-11H2,1-3H3,(H,19,20). The fourth-order valence-electron chi connectivity index (χ4n) is 3.27. The summed E-state index contributed by atoms with van der Waals surface area (Å²) in [6.07, 6.45) is 3.93. The molecule has 3 heteroatoms. The summed E-state index contributed by atoms with van der Waals surface area (Å²) < 4.78 is 0. The zero-order chi connectivity index (χ0) is 14.7. The molecule has 1 fully saturated rings. The van der Waals surface area contributed by atoms with E-state index in [0.29, 0.717) is 11.6 Å². The lowest BCUT2D eigenvalue weighted by atomic mass is 9.79. The molecule has 110 valence electrons. The Morgan fingerprint density at radius 1 is 1.25 bits per heavy atom. The van der Waals surface area contributed by atoms with Crippen molar-refractivity contribution in [2.45, 2.75) is 45.7 Å². The van der Waals surface area contributed by atoms with E-state index in [2.05, 4.69) is 25.8 Å². The van der Waals surface area contributed by atoms with Crippen LogP contribution in [0.2, 0.25) is 0 Å². The van der Waals surface area contributed by atoms with E-state index in [4.69, 9.17) is 5.11 Å². The van der Waals surface area contributed by atoms with Crippen molar-refractivity contribution in [1.29, 1.82) is 0 Å². The lowest BCUT2D eigenvalue weighted by molar-refractivity contribution is 0.0697. The number of benzene rings is 1. The normalized spacial score (nSPS) is 26.7. The Labute approximate surface area is 121 Å². The maximum Gasteiger partial charge on any atom is 0.335 e. The molecule has 1 N–H and O–H groups in total. The molecule has 0 aliphatic heterocycles. The first kappa shape index (κ1) is 15.0. The highest BCUT2D eigenvalue weighted by Crippen LogP contribution is 2.31. The Morgan fingerprint density at radius 2 is 1.90 bits per heavy atom. The molecule has 3 atom stereocenters. The van der Waals surface area contributed by atoms with Gasteiger partial charge in [0.25, 0.3) is 0 Å². The lowest BCUT2D eigenvalue weighted by Crippen LogP contribution is -2.40. The third kappa shape index (κ3) is 3.60. The van der Waals surface area contributed by atoms with Gasteiger partial charge in [-0.05, 0) is 49.4 Å². The first-order chi connectivity index (χ1) is 9.47. The zero-order valence-corrected chi connectivity index (χ0v) is 12.7. The van der Waals surface area contributed by atoms with Gasteiger partial charge in [0.15, 0.2) is 0 Å². The highest BCUT2D eigenvalue weighted by atomic mass is 16.4. The summed E-state index contributed by atoms with van der Waals surface area (Å²) in [7, 11) is 2.18. The largest absolute Gasteiger partial charge is 0.478 e. The molecule has 1 saturated carbocycles. The second-order valence-corrected chi connectivity index (χ2v) is 6.38. The number of hydrogen-bond acceptors (Lipinski definition) is 2. The third-order valence-electron chi connectivity index (χ3n) is 4.61. The minimum atomic E-state index is -0.861. The summed E-state index contributed by atoms with van der Waals surface area (Å²) in [6.45, 7) is 5.58. The summed E-state index contributed by atoms with van der Waals surface area (Å²) in [5.41, 5.74) is 1.54. The molecule has 0 heterocycles. The maximum absolute atomic E-state index is 10.9. The van der Waals surface area contributed by atoms with Gasteiger partial charge < -0.3 is 5.11 Å². The van der Waals surface area contributed by atoms with Gasteiger partial charge in [-0.1, -0.05) is 32.4 Å². The predicted molar refractivity (Wildman–Crippen MR) is 80.8 cm³/mol. The van der Waals surface area contributed by atoms with Gasteiger partial charge in [0.1, 0.15) is 0 Å². The van der Waals surface area contributed by atoms with Crippen LogP contribution in [-0.2, 0) is 6.54 Å². The quantitative estimate of drug-likeness (QED) is 0.912. The molecule has 0 saturated heterocycles. The number of carboxylic acids is 1. The molecular formula is C17H25NO2. The molecule has 0 bridgehead atoms. The fraction of sp³-hybridized carbons (Fsp3) is 0.588. The first-order valence-corrected chi connectivity index (χ1v) is 7.50. The van der Waals surface area contributed by atoms with E-state index >= 15 is 0 Å². The van der Waals surface area contributed by atoms with Crippen LogP contribution < -0.4 is 0 Å². The van der Waals surface area contributed by atoms with Crippen LogP contribution in [0, 0.1) is 11.8 Å². The number of nitrogens with zero attached hydrogens (tertiary/aromatic N) is 1. The number of carbonyl (C=O) groups is 1. The second-order valence-electron chi connectivity index (χ2n) is 6.38. The van der Waals surface area contributed by atoms with Crippen LogP contribution in [0.4, 0.5) is 0 Å². The molecule has 2 rings (SSSR count). The minimum absolute atomic E-state index is 0.357. The van der Waals surface area contributed by atoms with Crippen LogP contribution in [0.25, 0.3) is 0 Å². The van der Waals surface area contributed by atoms with Gasteiger partial charge in [-0.2, -0.15) is 0 Å². The summed E-state index contributed by atoms with van der Waals surface area (Å²) in [6, 6.07) is 7.88. The summed E-state index contributed by atoms with van der Waals surface area (Å²) >= 11 is 0. The Balaban J connectivity index is 1.99. The van der Waals surface area contributed by atoms with Crippen molar-refractivity contribution >= 4 is 5.97 Å². The first-order valence-electron chi connectivity index (χ1n) is 7.50. The van der Waals surface area contributed by atoms with E-state index in [9.17, 15) is 4.79 Å². The lowest BCUT2D eigenvalue weighted by Gasteiger charge is -2.39. The molecule has 0 amide bonds. The molecule has 1 aliphatic carbocycles. The van der Waals surface area contributed by atoms with Crippen LogP contribution in [0.5, 0.6) is 0 Å². The molecule has 1 aromatic carbocycles. The van der Waals surface area contributed by atoms with Crippen LogP contribution in [0.15, 0.2) is 24.3 Å². The molecule has 0 aromatic heterocycles. The minimum Gasteiger partial charge on any atom is -0.478 e. The van der Waals surface area contributed by atoms with Gasteiger partial charge in [0.05, 0.1) is 5.56 Å². The van der Waals surface area contributed by atoms with Crippen LogP contribution in [0.1, 0.15) is 49.0 Å². The summed E-state index contributed by atoms with van der Waals surface area (Å²) in [4.78, 5) is 13.3. The Hall–Kier alpha value is -1.35. The van der Waals surface area contributed by atoms with Crippen molar-refractivity contribution in [2.75, 3.05) is 7.05 Å². The number of hydrogen-bond donors (Lipinski definition) is 1. The van der Waals surface area contributed by atoms with Crippen LogP contribution in [0.3, 0.4) is 0 Å². The molecular weight excluding hydrogens is 250 g/mol. The molecule has 20 heavy (non-hydrogen) atoms. The van der Waals surface area contributed by atoms with Gasteiger partial charge >= 0.3 is 5.97 Å². The maximum atomic E-state index is 10.9. The molecule has 0 spiro atoms. The average Bonchev–Trinajstić information content (AvgIpc) is 2.42. The molecule has 3 nitrogen and oxygen atoms in total.